The maximum absolute atomic E-state index is 10.8. The van der Waals surface area contributed by atoms with Gasteiger partial charge >= 0.3 is 5.69 Å². The average molecular weight is 268 g/mol. The number of nitro benzene ring substituents is 1. The van der Waals surface area contributed by atoms with E-state index >= 15 is 0 Å². The standard InChI is InChI=1S/C11H6ClNO5/c12-7-1-3-10(9(5-7)13(15)16)18-11-4-2-8(6-14)17-11/h1-6H. The molecule has 0 unspecified atom stereocenters. The van der Waals surface area contributed by atoms with E-state index in [1.807, 2.05) is 0 Å². The van der Waals surface area contributed by atoms with Gasteiger partial charge in [0.1, 0.15) is 0 Å². The molecule has 92 valence electrons. The molecule has 0 radical (unpaired) electrons. The molecule has 0 bridgehead atoms. The Morgan fingerprint density at radius 3 is 2.72 bits per heavy atom. The Morgan fingerprint density at radius 2 is 2.11 bits per heavy atom. The van der Waals surface area contributed by atoms with Crippen molar-refractivity contribution < 1.29 is 18.9 Å². The SMILES string of the molecule is O=Cc1ccc(Oc2ccc(Cl)cc2[N+](=O)[O-])o1. The van der Waals surface area contributed by atoms with E-state index in [4.69, 9.17) is 20.8 Å². The number of nitrogens with zero attached hydrogens (tertiary/aromatic N) is 1. The van der Waals surface area contributed by atoms with Crippen molar-refractivity contribution in [1.82, 2.24) is 0 Å². The number of halogens is 1. The molecule has 0 spiro atoms. The van der Waals surface area contributed by atoms with Crippen molar-refractivity contribution in [2.45, 2.75) is 0 Å². The normalized spacial score (nSPS) is 10.1. The van der Waals surface area contributed by atoms with Crippen molar-refractivity contribution in [1.29, 1.82) is 0 Å². The van der Waals surface area contributed by atoms with Crippen LogP contribution in [0.3, 0.4) is 0 Å². The Hall–Kier alpha value is -2.34. The van der Waals surface area contributed by atoms with Crippen LogP contribution in [0.25, 0.3) is 0 Å². The summed E-state index contributed by atoms with van der Waals surface area (Å²) in [5, 5.41) is 11.0. The number of aldehydes is 1. The van der Waals surface area contributed by atoms with E-state index in [0.717, 1.165) is 0 Å². The topological polar surface area (TPSA) is 82.6 Å². The van der Waals surface area contributed by atoms with Gasteiger partial charge in [0.2, 0.25) is 5.75 Å². The van der Waals surface area contributed by atoms with Crippen LogP contribution in [0.5, 0.6) is 11.7 Å². The molecule has 0 aliphatic rings. The molecule has 1 heterocycles. The quantitative estimate of drug-likeness (QED) is 0.481. The van der Waals surface area contributed by atoms with E-state index in [-0.39, 0.29) is 28.2 Å². The fraction of sp³-hybridized carbons (Fsp3) is 0. The summed E-state index contributed by atoms with van der Waals surface area (Å²) in [6.07, 6.45) is 0.503. The largest absolute Gasteiger partial charge is 0.422 e. The van der Waals surface area contributed by atoms with Gasteiger partial charge in [0, 0.05) is 17.2 Å². The molecule has 0 aliphatic heterocycles. The first-order valence-electron chi connectivity index (χ1n) is 4.77. The summed E-state index contributed by atoms with van der Waals surface area (Å²) in [5.41, 5.74) is -0.286. The second-order valence-electron chi connectivity index (χ2n) is 3.25. The number of rotatable bonds is 4. The van der Waals surface area contributed by atoms with Crippen LogP contribution < -0.4 is 4.74 Å². The summed E-state index contributed by atoms with van der Waals surface area (Å²) < 4.78 is 10.1. The Bertz CT molecular complexity index is 607. The van der Waals surface area contributed by atoms with Gasteiger partial charge in [-0.05, 0) is 18.2 Å². The first-order chi connectivity index (χ1) is 8.60. The van der Waals surface area contributed by atoms with Gasteiger partial charge in [-0.2, -0.15) is 0 Å². The molecular weight excluding hydrogens is 262 g/mol. The molecule has 7 heteroatoms. The Labute approximate surface area is 106 Å². The molecule has 1 aromatic heterocycles. The highest BCUT2D eigenvalue weighted by Gasteiger charge is 2.17. The van der Waals surface area contributed by atoms with Crippen molar-refractivity contribution in [3.63, 3.8) is 0 Å². The number of carbonyl (C=O) groups is 1. The zero-order valence-electron chi connectivity index (χ0n) is 8.83. The van der Waals surface area contributed by atoms with Crippen LogP contribution in [0.1, 0.15) is 10.6 Å². The van der Waals surface area contributed by atoms with Crippen molar-refractivity contribution >= 4 is 23.6 Å². The Balaban J connectivity index is 2.33. The lowest BCUT2D eigenvalue weighted by Crippen LogP contribution is -1.92. The monoisotopic (exact) mass is 267 g/mol. The third-order valence-corrected chi connectivity index (χ3v) is 2.28. The summed E-state index contributed by atoms with van der Waals surface area (Å²) in [6.45, 7) is 0. The van der Waals surface area contributed by atoms with Gasteiger partial charge in [-0.1, -0.05) is 11.6 Å². The number of hydrogen-bond acceptors (Lipinski definition) is 5. The fourth-order valence-electron chi connectivity index (χ4n) is 1.28. The summed E-state index contributed by atoms with van der Waals surface area (Å²) >= 11 is 5.66. The van der Waals surface area contributed by atoms with Crippen LogP contribution in [0.4, 0.5) is 5.69 Å². The van der Waals surface area contributed by atoms with Gasteiger partial charge in [-0.25, -0.2) is 0 Å². The van der Waals surface area contributed by atoms with Gasteiger partial charge in [-0.3, -0.25) is 14.9 Å². The van der Waals surface area contributed by atoms with Crippen LogP contribution in [-0.4, -0.2) is 11.2 Å². The highest BCUT2D eigenvalue weighted by Crippen LogP contribution is 2.33. The van der Waals surface area contributed by atoms with Gasteiger partial charge in [0.25, 0.3) is 5.95 Å². The molecule has 0 atom stereocenters. The molecule has 18 heavy (non-hydrogen) atoms. The summed E-state index contributed by atoms with van der Waals surface area (Å²) in [6, 6.07) is 6.75. The number of hydrogen-bond donors (Lipinski definition) is 0. The smallest absolute Gasteiger partial charge is 0.313 e. The molecule has 0 fully saturated rings. The molecule has 0 saturated carbocycles. The number of furan rings is 1. The van der Waals surface area contributed by atoms with Crippen molar-refractivity contribution in [3.8, 4) is 11.7 Å². The third kappa shape index (κ3) is 2.49. The van der Waals surface area contributed by atoms with E-state index in [2.05, 4.69) is 0 Å². The molecule has 0 saturated heterocycles. The lowest BCUT2D eigenvalue weighted by atomic mass is 10.3. The minimum absolute atomic E-state index is 0.0116. The molecule has 6 nitrogen and oxygen atoms in total. The van der Waals surface area contributed by atoms with E-state index in [1.54, 1.807) is 0 Å². The molecule has 0 aliphatic carbocycles. The van der Waals surface area contributed by atoms with Crippen LogP contribution in [0.15, 0.2) is 34.7 Å². The molecular formula is C11H6ClNO5. The van der Waals surface area contributed by atoms with E-state index < -0.39 is 4.92 Å². The predicted octanol–water partition coefficient (Wildman–Crippen LogP) is 3.45. The first-order valence-corrected chi connectivity index (χ1v) is 5.15. The first kappa shape index (κ1) is 12.1. The lowest BCUT2D eigenvalue weighted by molar-refractivity contribution is -0.385. The zero-order chi connectivity index (χ0) is 13.1. The van der Waals surface area contributed by atoms with Crippen LogP contribution in [0.2, 0.25) is 5.02 Å². The van der Waals surface area contributed by atoms with Gasteiger partial charge in [0.15, 0.2) is 12.0 Å². The predicted molar refractivity (Wildman–Crippen MR) is 62.3 cm³/mol. The average Bonchev–Trinajstić information content (AvgIpc) is 2.79. The molecule has 2 rings (SSSR count). The van der Waals surface area contributed by atoms with Crippen LogP contribution in [0, 0.1) is 10.1 Å². The Morgan fingerprint density at radius 1 is 1.33 bits per heavy atom. The van der Waals surface area contributed by atoms with E-state index in [9.17, 15) is 14.9 Å². The highest BCUT2D eigenvalue weighted by molar-refractivity contribution is 6.30. The molecule has 2 aromatic rings. The highest BCUT2D eigenvalue weighted by atomic mass is 35.5. The summed E-state index contributed by atoms with van der Waals surface area (Å²) in [4.78, 5) is 20.6. The number of benzene rings is 1. The summed E-state index contributed by atoms with van der Waals surface area (Å²) in [7, 11) is 0. The van der Waals surface area contributed by atoms with Crippen molar-refractivity contribution in [2.24, 2.45) is 0 Å². The van der Waals surface area contributed by atoms with Gasteiger partial charge in [-0.15, -0.1) is 0 Å². The van der Waals surface area contributed by atoms with E-state index in [0.29, 0.717) is 6.29 Å². The molecule has 0 N–H and O–H groups in total. The number of nitro groups is 1. The van der Waals surface area contributed by atoms with Crippen molar-refractivity contribution in [2.75, 3.05) is 0 Å². The van der Waals surface area contributed by atoms with E-state index in [1.165, 1.54) is 30.3 Å². The second-order valence-corrected chi connectivity index (χ2v) is 3.68. The summed E-state index contributed by atoms with van der Waals surface area (Å²) in [5.74, 6) is 0.0420. The second kappa shape index (κ2) is 4.89. The van der Waals surface area contributed by atoms with Crippen LogP contribution >= 0.6 is 11.6 Å². The number of ether oxygens (including phenoxy) is 1. The maximum atomic E-state index is 10.8. The van der Waals surface area contributed by atoms with Crippen LogP contribution in [-0.2, 0) is 0 Å². The van der Waals surface area contributed by atoms with Gasteiger partial charge in [0.05, 0.1) is 4.92 Å². The lowest BCUT2D eigenvalue weighted by Gasteiger charge is -2.03. The van der Waals surface area contributed by atoms with Gasteiger partial charge < -0.3 is 9.15 Å². The minimum atomic E-state index is -0.620. The Kier molecular flexibility index (Phi) is 3.29. The molecule has 0 amide bonds. The fourth-order valence-corrected chi connectivity index (χ4v) is 1.45. The number of carbonyl (C=O) groups excluding carboxylic acids is 1. The third-order valence-electron chi connectivity index (χ3n) is 2.05. The minimum Gasteiger partial charge on any atom is -0.422 e. The zero-order valence-corrected chi connectivity index (χ0v) is 9.59. The maximum Gasteiger partial charge on any atom is 0.313 e. The van der Waals surface area contributed by atoms with Crippen molar-refractivity contribution in [3.05, 3.63) is 51.2 Å². The molecule has 1 aromatic carbocycles.